The highest BCUT2D eigenvalue weighted by atomic mass is 79.9. The molecule has 1 saturated carbocycles. The van der Waals surface area contributed by atoms with E-state index in [2.05, 4.69) is 22.0 Å². The number of hydrogen-bond acceptors (Lipinski definition) is 1. The Hall–Kier alpha value is -0.0500. The Labute approximate surface area is 97.8 Å². The zero-order valence-corrected chi connectivity index (χ0v) is 10.2. The molecule has 14 heavy (non-hydrogen) atoms. The van der Waals surface area contributed by atoms with Crippen LogP contribution in [0.15, 0.2) is 22.7 Å². The minimum atomic E-state index is 0.377. The molecule has 1 aliphatic rings. The fourth-order valence-electron chi connectivity index (χ4n) is 2.09. The molecule has 1 aliphatic carbocycles. The van der Waals surface area contributed by atoms with Crippen LogP contribution < -0.4 is 5.73 Å². The van der Waals surface area contributed by atoms with Gasteiger partial charge in [-0.05, 0) is 58.8 Å². The monoisotopic (exact) mass is 273 g/mol. The first-order chi connectivity index (χ1) is 6.66. The van der Waals surface area contributed by atoms with Gasteiger partial charge in [-0.15, -0.1) is 0 Å². The molecular formula is C11H13BrClN. The van der Waals surface area contributed by atoms with Gasteiger partial charge in [-0.1, -0.05) is 17.7 Å². The van der Waals surface area contributed by atoms with Crippen LogP contribution >= 0.6 is 27.5 Å². The van der Waals surface area contributed by atoms with Crippen molar-refractivity contribution in [2.24, 2.45) is 5.73 Å². The topological polar surface area (TPSA) is 26.0 Å². The number of benzene rings is 1. The van der Waals surface area contributed by atoms with E-state index in [1.54, 1.807) is 0 Å². The molecule has 2 atom stereocenters. The van der Waals surface area contributed by atoms with Crippen LogP contribution in [0.4, 0.5) is 0 Å². The van der Waals surface area contributed by atoms with E-state index in [0.29, 0.717) is 12.0 Å². The Morgan fingerprint density at radius 1 is 1.36 bits per heavy atom. The molecule has 2 unspecified atom stereocenters. The second kappa shape index (κ2) is 4.21. The number of nitrogens with two attached hydrogens (primary N) is 1. The maximum Gasteiger partial charge on any atom is 0.0550 e. The maximum absolute atomic E-state index is 6.05. The SMILES string of the molecule is NC1CCC(c2ccc(Br)c(Cl)c2)C1. The van der Waals surface area contributed by atoms with Crippen LogP contribution in [0.1, 0.15) is 30.7 Å². The first-order valence-corrected chi connectivity index (χ1v) is 6.04. The standard InChI is InChI=1S/C11H13BrClN/c12-10-4-2-8(6-11(10)13)7-1-3-9(14)5-7/h2,4,6-7,9H,1,3,5,14H2. The predicted molar refractivity (Wildman–Crippen MR) is 63.7 cm³/mol. The van der Waals surface area contributed by atoms with E-state index in [9.17, 15) is 0 Å². The molecule has 0 saturated heterocycles. The summed E-state index contributed by atoms with van der Waals surface area (Å²) in [5.74, 6) is 0.607. The van der Waals surface area contributed by atoms with E-state index in [4.69, 9.17) is 17.3 Å². The molecule has 76 valence electrons. The second-order valence-electron chi connectivity index (χ2n) is 3.94. The summed E-state index contributed by atoms with van der Waals surface area (Å²) in [6.07, 6.45) is 3.43. The molecule has 0 aromatic heterocycles. The average Bonchev–Trinajstić information content (AvgIpc) is 2.57. The van der Waals surface area contributed by atoms with Crippen LogP contribution in [0.25, 0.3) is 0 Å². The van der Waals surface area contributed by atoms with Crippen molar-refractivity contribution in [2.75, 3.05) is 0 Å². The van der Waals surface area contributed by atoms with Gasteiger partial charge in [-0.2, -0.15) is 0 Å². The zero-order chi connectivity index (χ0) is 10.1. The highest BCUT2D eigenvalue weighted by molar-refractivity contribution is 9.10. The molecule has 3 heteroatoms. The Balaban J connectivity index is 2.20. The molecule has 0 aliphatic heterocycles. The highest BCUT2D eigenvalue weighted by Gasteiger charge is 2.23. The van der Waals surface area contributed by atoms with Crippen LogP contribution in [0.2, 0.25) is 5.02 Å². The van der Waals surface area contributed by atoms with Gasteiger partial charge < -0.3 is 5.73 Å². The number of rotatable bonds is 1. The highest BCUT2D eigenvalue weighted by Crippen LogP contribution is 2.36. The van der Waals surface area contributed by atoms with Crippen molar-refractivity contribution in [1.82, 2.24) is 0 Å². The Kier molecular flexibility index (Phi) is 3.15. The van der Waals surface area contributed by atoms with Gasteiger partial charge in [0.05, 0.1) is 5.02 Å². The summed E-state index contributed by atoms with van der Waals surface area (Å²) in [7, 11) is 0. The van der Waals surface area contributed by atoms with Gasteiger partial charge in [0.25, 0.3) is 0 Å². The molecular weight excluding hydrogens is 261 g/mol. The first kappa shape index (κ1) is 10.5. The molecule has 2 rings (SSSR count). The summed E-state index contributed by atoms with van der Waals surface area (Å²) >= 11 is 9.44. The number of halogens is 2. The van der Waals surface area contributed by atoms with E-state index < -0.39 is 0 Å². The molecule has 0 heterocycles. The molecule has 0 bridgehead atoms. The quantitative estimate of drug-likeness (QED) is 0.830. The molecule has 1 nitrogen and oxygen atoms in total. The van der Waals surface area contributed by atoms with Crippen molar-refractivity contribution < 1.29 is 0 Å². The molecule has 1 aromatic carbocycles. The van der Waals surface area contributed by atoms with E-state index in [1.807, 2.05) is 12.1 Å². The van der Waals surface area contributed by atoms with E-state index in [0.717, 1.165) is 22.3 Å². The van der Waals surface area contributed by atoms with Gasteiger partial charge in [0.2, 0.25) is 0 Å². The van der Waals surface area contributed by atoms with Gasteiger partial charge in [-0.3, -0.25) is 0 Å². The van der Waals surface area contributed by atoms with Crippen LogP contribution in [-0.2, 0) is 0 Å². The summed E-state index contributed by atoms with van der Waals surface area (Å²) in [5.41, 5.74) is 7.21. The van der Waals surface area contributed by atoms with Crippen LogP contribution in [-0.4, -0.2) is 6.04 Å². The van der Waals surface area contributed by atoms with Gasteiger partial charge in [0, 0.05) is 10.5 Å². The maximum atomic E-state index is 6.05. The van der Waals surface area contributed by atoms with Crippen molar-refractivity contribution >= 4 is 27.5 Å². The lowest BCUT2D eigenvalue weighted by Gasteiger charge is -2.10. The molecule has 1 fully saturated rings. The third kappa shape index (κ3) is 2.13. The lowest BCUT2D eigenvalue weighted by Crippen LogP contribution is -2.14. The second-order valence-corrected chi connectivity index (χ2v) is 5.21. The molecule has 1 aromatic rings. The smallest absolute Gasteiger partial charge is 0.0550 e. The Bertz CT molecular complexity index is 340. The predicted octanol–water partition coefficient (Wildman–Crippen LogP) is 3.70. The summed E-state index contributed by atoms with van der Waals surface area (Å²) in [6.45, 7) is 0. The van der Waals surface area contributed by atoms with E-state index in [1.165, 1.54) is 12.0 Å². The summed E-state index contributed by atoms with van der Waals surface area (Å²) in [6, 6.07) is 6.58. The third-order valence-corrected chi connectivity index (χ3v) is 4.12. The minimum Gasteiger partial charge on any atom is -0.328 e. The molecule has 0 amide bonds. The minimum absolute atomic E-state index is 0.377. The number of hydrogen-bond donors (Lipinski definition) is 1. The van der Waals surface area contributed by atoms with Gasteiger partial charge in [0.1, 0.15) is 0 Å². The van der Waals surface area contributed by atoms with Crippen molar-refractivity contribution in [3.05, 3.63) is 33.3 Å². The van der Waals surface area contributed by atoms with Gasteiger partial charge in [-0.25, -0.2) is 0 Å². The fourth-order valence-corrected chi connectivity index (χ4v) is 2.52. The normalized spacial score (nSPS) is 26.8. The van der Waals surface area contributed by atoms with Crippen molar-refractivity contribution in [1.29, 1.82) is 0 Å². The van der Waals surface area contributed by atoms with E-state index in [-0.39, 0.29) is 0 Å². The van der Waals surface area contributed by atoms with Gasteiger partial charge in [0.15, 0.2) is 0 Å². The summed E-state index contributed by atoms with van der Waals surface area (Å²) in [5, 5.41) is 0.794. The van der Waals surface area contributed by atoms with E-state index >= 15 is 0 Å². The first-order valence-electron chi connectivity index (χ1n) is 4.87. The van der Waals surface area contributed by atoms with Crippen molar-refractivity contribution in [2.45, 2.75) is 31.2 Å². The van der Waals surface area contributed by atoms with Crippen molar-refractivity contribution in [3.8, 4) is 0 Å². The Morgan fingerprint density at radius 2 is 2.14 bits per heavy atom. The van der Waals surface area contributed by atoms with Crippen LogP contribution in [0.3, 0.4) is 0 Å². The van der Waals surface area contributed by atoms with Crippen LogP contribution in [0.5, 0.6) is 0 Å². The third-order valence-electron chi connectivity index (χ3n) is 2.89. The largest absolute Gasteiger partial charge is 0.328 e. The average molecular weight is 275 g/mol. The zero-order valence-electron chi connectivity index (χ0n) is 7.84. The van der Waals surface area contributed by atoms with Gasteiger partial charge >= 0.3 is 0 Å². The fraction of sp³-hybridized carbons (Fsp3) is 0.455. The molecule has 0 spiro atoms. The molecule has 0 radical (unpaired) electrons. The van der Waals surface area contributed by atoms with Crippen LogP contribution in [0, 0.1) is 0 Å². The lowest BCUT2D eigenvalue weighted by molar-refractivity contribution is 0.674. The van der Waals surface area contributed by atoms with Crippen molar-refractivity contribution in [3.63, 3.8) is 0 Å². The lowest BCUT2D eigenvalue weighted by atomic mass is 9.98. The Morgan fingerprint density at radius 3 is 2.71 bits per heavy atom. The summed E-state index contributed by atoms with van der Waals surface area (Å²) in [4.78, 5) is 0. The summed E-state index contributed by atoms with van der Waals surface area (Å²) < 4.78 is 0.963. The molecule has 2 N–H and O–H groups in total.